The van der Waals surface area contributed by atoms with Crippen molar-refractivity contribution < 1.29 is 4.74 Å². The number of allylic oxidation sites excluding steroid dienone is 2. The molecule has 2 aliphatic carbocycles. The first-order valence-electron chi connectivity index (χ1n) is 10.2. The van der Waals surface area contributed by atoms with Crippen molar-refractivity contribution in [1.82, 2.24) is 19.7 Å². The molecule has 146 valence electrons. The topological polar surface area (TPSA) is 55.7 Å². The zero-order chi connectivity index (χ0) is 19.5. The maximum Gasteiger partial charge on any atom is 0.159 e. The van der Waals surface area contributed by atoms with Crippen molar-refractivity contribution in [3.8, 4) is 11.5 Å². The molecule has 1 atom stereocenters. The summed E-state index contributed by atoms with van der Waals surface area (Å²) in [6.45, 7) is 10.8. The van der Waals surface area contributed by atoms with E-state index in [9.17, 15) is 0 Å². The Morgan fingerprint density at radius 2 is 2.07 bits per heavy atom. The Kier molecular flexibility index (Phi) is 3.93. The summed E-state index contributed by atoms with van der Waals surface area (Å²) in [6.07, 6.45) is 4.40. The Hall–Kier alpha value is -2.18. The molecule has 0 fully saturated rings. The predicted molar refractivity (Wildman–Crippen MR) is 115 cm³/mol. The zero-order valence-corrected chi connectivity index (χ0v) is 18.2. The average molecular weight is 393 g/mol. The van der Waals surface area contributed by atoms with Gasteiger partial charge in [0.1, 0.15) is 12.4 Å². The number of benzene rings is 1. The van der Waals surface area contributed by atoms with E-state index in [-0.39, 0.29) is 5.41 Å². The zero-order valence-electron chi connectivity index (χ0n) is 17.2. The SMILES string of the molecule is C[C@]12C=C1Cc1c(-c3nc4ccccc4[nH]3)nn(COCC[Si](C)(C)C)c1C2. The summed E-state index contributed by atoms with van der Waals surface area (Å²) < 4.78 is 8.12. The van der Waals surface area contributed by atoms with Gasteiger partial charge >= 0.3 is 0 Å². The first-order chi connectivity index (χ1) is 13.3. The van der Waals surface area contributed by atoms with Crippen LogP contribution in [0.1, 0.15) is 18.2 Å². The summed E-state index contributed by atoms with van der Waals surface area (Å²) in [5, 5.41) is 4.96. The summed E-state index contributed by atoms with van der Waals surface area (Å²) in [5.74, 6) is 0.864. The maximum absolute atomic E-state index is 6.04. The van der Waals surface area contributed by atoms with Crippen molar-refractivity contribution in [2.24, 2.45) is 5.41 Å². The highest BCUT2D eigenvalue weighted by atomic mass is 28.3. The van der Waals surface area contributed by atoms with Crippen molar-refractivity contribution in [3.05, 3.63) is 47.2 Å². The van der Waals surface area contributed by atoms with Crippen LogP contribution in [0, 0.1) is 5.41 Å². The third-order valence-corrected chi connectivity index (χ3v) is 7.74. The molecule has 6 heteroatoms. The molecule has 0 bridgehead atoms. The largest absolute Gasteiger partial charge is 0.360 e. The van der Waals surface area contributed by atoms with Crippen LogP contribution in [0.3, 0.4) is 0 Å². The molecule has 2 aliphatic rings. The second kappa shape index (κ2) is 6.16. The lowest BCUT2D eigenvalue weighted by atomic mass is 9.85. The minimum Gasteiger partial charge on any atom is -0.360 e. The van der Waals surface area contributed by atoms with Crippen molar-refractivity contribution >= 4 is 19.1 Å². The van der Waals surface area contributed by atoms with Crippen molar-refractivity contribution in [2.75, 3.05) is 6.61 Å². The van der Waals surface area contributed by atoms with Gasteiger partial charge in [0.2, 0.25) is 0 Å². The smallest absolute Gasteiger partial charge is 0.159 e. The summed E-state index contributed by atoms with van der Waals surface area (Å²) in [5.41, 5.74) is 7.44. The molecule has 1 aromatic carbocycles. The molecule has 0 radical (unpaired) electrons. The fourth-order valence-corrected chi connectivity index (χ4v) is 4.87. The third kappa shape index (κ3) is 3.14. The highest BCUT2D eigenvalue weighted by molar-refractivity contribution is 6.76. The first-order valence-corrected chi connectivity index (χ1v) is 13.9. The first kappa shape index (κ1) is 17.9. The van der Waals surface area contributed by atoms with Crippen LogP contribution in [-0.4, -0.2) is 34.4 Å². The number of imidazole rings is 1. The van der Waals surface area contributed by atoms with E-state index < -0.39 is 8.07 Å². The minimum atomic E-state index is -1.08. The second-order valence-corrected chi connectivity index (χ2v) is 15.3. The molecule has 1 N–H and O–H groups in total. The number of aromatic amines is 1. The highest BCUT2D eigenvalue weighted by Crippen LogP contribution is 2.53. The van der Waals surface area contributed by atoms with E-state index >= 15 is 0 Å². The number of ether oxygens (including phenoxy) is 1. The Morgan fingerprint density at radius 3 is 2.86 bits per heavy atom. The van der Waals surface area contributed by atoms with Crippen LogP contribution in [0.15, 0.2) is 35.9 Å². The molecular weight excluding hydrogens is 364 g/mol. The van der Waals surface area contributed by atoms with Crippen LogP contribution in [-0.2, 0) is 24.3 Å². The van der Waals surface area contributed by atoms with Gasteiger partial charge in [0.05, 0.1) is 11.0 Å². The van der Waals surface area contributed by atoms with Crippen LogP contribution in [0.25, 0.3) is 22.6 Å². The molecular formula is C22H28N4OSi. The van der Waals surface area contributed by atoms with Gasteiger partial charge in [0.15, 0.2) is 5.82 Å². The van der Waals surface area contributed by atoms with E-state index in [1.165, 1.54) is 22.9 Å². The number of hydrogen-bond acceptors (Lipinski definition) is 3. The summed E-state index contributed by atoms with van der Waals surface area (Å²) in [7, 11) is -1.08. The quantitative estimate of drug-likeness (QED) is 0.373. The van der Waals surface area contributed by atoms with Gasteiger partial charge in [-0.1, -0.05) is 50.3 Å². The van der Waals surface area contributed by atoms with Crippen LogP contribution in [0.2, 0.25) is 25.7 Å². The molecule has 0 aliphatic heterocycles. The lowest BCUT2D eigenvalue weighted by Gasteiger charge is -2.21. The van der Waals surface area contributed by atoms with Gasteiger partial charge < -0.3 is 9.72 Å². The highest BCUT2D eigenvalue weighted by Gasteiger charge is 2.45. The normalized spacial score (nSPS) is 20.8. The Balaban J connectivity index is 1.47. The number of nitrogens with one attached hydrogen (secondary N) is 1. The number of hydrogen-bond donors (Lipinski definition) is 1. The van der Waals surface area contributed by atoms with Gasteiger partial charge in [-0.25, -0.2) is 9.67 Å². The number of rotatable bonds is 6. The fraction of sp³-hybridized carbons (Fsp3) is 0.455. The van der Waals surface area contributed by atoms with Gasteiger partial charge in [-0.2, -0.15) is 5.10 Å². The Labute approximate surface area is 166 Å². The molecule has 0 saturated heterocycles. The van der Waals surface area contributed by atoms with Gasteiger partial charge in [-0.05, 0) is 24.6 Å². The van der Waals surface area contributed by atoms with E-state index in [1.54, 1.807) is 0 Å². The van der Waals surface area contributed by atoms with E-state index in [1.807, 2.05) is 18.2 Å². The lowest BCUT2D eigenvalue weighted by Crippen LogP contribution is -2.23. The standard InChI is InChI=1S/C22H28N4OSi/c1-22-12-15(22)11-16-19(13-22)26(14-27-9-10-28(2,3)4)25-20(16)21-23-17-7-5-6-8-18(17)24-21/h5-8,12H,9-11,13-14H2,1-4H3,(H,23,24)/t22-/m1/s1. The van der Waals surface area contributed by atoms with Gasteiger partial charge in [-0.15, -0.1) is 0 Å². The van der Waals surface area contributed by atoms with E-state index in [0.29, 0.717) is 6.73 Å². The lowest BCUT2D eigenvalue weighted by molar-refractivity contribution is 0.0760. The summed E-state index contributed by atoms with van der Waals surface area (Å²) in [4.78, 5) is 8.26. The summed E-state index contributed by atoms with van der Waals surface area (Å²) >= 11 is 0. The predicted octanol–water partition coefficient (Wildman–Crippen LogP) is 4.78. The molecule has 28 heavy (non-hydrogen) atoms. The number of aromatic nitrogens is 4. The maximum atomic E-state index is 6.04. The van der Waals surface area contributed by atoms with E-state index in [4.69, 9.17) is 14.8 Å². The number of H-pyrrole nitrogens is 1. The van der Waals surface area contributed by atoms with E-state index in [0.717, 1.165) is 42.0 Å². The molecule has 0 spiro atoms. The fourth-order valence-electron chi connectivity index (χ4n) is 4.11. The average Bonchev–Trinajstić information content (AvgIpc) is 2.97. The van der Waals surface area contributed by atoms with Crippen LogP contribution < -0.4 is 0 Å². The molecule has 0 amide bonds. The number of fused-ring (bicyclic) bond motifs is 3. The van der Waals surface area contributed by atoms with Crippen LogP contribution >= 0.6 is 0 Å². The third-order valence-electron chi connectivity index (χ3n) is 6.04. The number of nitrogens with zero attached hydrogens (tertiary/aromatic N) is 3. The Bertz CT molecular complexity index is 1050. The molecule has 0 unspecified atom stereocenters. The monoisotopic (exact) mass is 392 g/mol. The molecule has 2 heterocycles. The molecule has 5 rings (SSSR count). The van der Waals surface area contributed by atoms with Crippen molar-refractivity contribution in [3.63, 3.8) is 0 Å². The van der Waals surface area contributed by atoms with Crippen LogP contribution in [0.4, 0.5) is 0 Å². The van der Waals surface area contributed by atoms with Gasteiger partial charge in [0, 0.05) is 37.8 Å². The van der Waals surface area contributed by atoms with Gasteiger partial charge in [-0.3, -0.25) is 0 Å². The molecule has 0 saturated carbocycles. The minimum absolute atomic E-state index is 0.258. The molecule has 3 aromatic rings. The van der Waals surface area contributed by atoms with E-state index in [2.05, 4.69) is 48.4 Å². The van der Waals surface area contributed by atoms with Crippen molar-refractivity contribution in [1.29, 1.82) is 0 Å². The number of para-hydroxylation sites is 2. The summed E-state index contributed by atoms with van der Waals surface area (Å²) in [6, 6.07) is 9.34. The second-order valence-electron chi connectivity index (χ2n) is 9.66. The van der Waals surface area contributed by atoms with Gasteiger partial charge in [0.25, 0.3) is 0 Å². The van der Waals surface area contributed by atoms with Crippen LogP contribution in [0.5, 0.6) is 0 Å². The molecule has 2 aromatic heterocycles. The molecule has 5 nitrogen and oxygen atoms in total. The van der Waals surface area contributed by atoms with Crippen molar-refractivity contribution in [2.45, 2.75) is 52.2 Å². The Morgan fingerprint density at radius 1 is 1.25 bits per heavy atom.